The van der Waals surface area contributed by atoms with Gasteiger partial charge >= 0.3 is 198 Å². The average molecular weight is 563 g/mol. The van der Waals surface area contributed by atoms with Crippen molar-refractivity contribution in [2.75, 3.05) is 0 Å². The Hall–Kier alpha value is -1.04. The molecule has 0 saturated carbocycles. The van der Waals surface area contributed by atoms with Crippen LogP contribution < -0.4 is 14.1 Å². The van der Waals surface area contributed by atoms with Gasteiger partial charge in [0.25, 0.3) is 0 Å². The summed E-state index contributed by atoms with van der Waals surface area (Å²) in [4.78, 5) is 0. The minimum atomic E-state index is -2.05. The summed E-state index contributed by atoms with van der Waals surface area (Å²) in [5.74, 6) is 0. The Labute approximate surface area is 196 Å². The van der Waals surface area contributed by atoms with Crippen LogP contribution in [-0.4, -0.2) is 26.0 Å². The van der Waals surface area contributed by atoms with Crippen molar-refractivity contribution in [1.29, 1.82) is 0 Å². The topological polar surface area (TPSA) is 24.1 Å². The number of thiocarbonyl (C=S) groups is 2. The van der Waals surface area contributed by atoms with Crippen LogP contribution in [0.2, 0.25) is 0 Å². The van der Waals surface area contributed by atoms with Gasteiger partial charge in [-0.1, -0.05) is 0 Å². The van der Waals surface area contributed by atoms with E-state index in [1.807, 2.05) is 36.4 Å². The predicted molar refractivity (Wildman–Crippen MR) is 139 cm³/mol. The van der Waals surface area contributed by atoms with Crippen molar-refractivity contribution in [2.24, 2.45) is 0 Å². The zero-order chi connectivity index (χ0) is 20.3. The van der Waals surface area contributed by atoms with Gasteiger partial charge in [0.2, 0.25) is 0 Å². The van der Waals surface area contributed by atoms with Gasteiger partial charge in [0, 0.05) is 0 Å². The molecule has 0 fully saturated rings. The summed E-state index contributed by atoms with van der Waals surface area (Å²) in [5.41, 5.74) is 2.46. The molecule has 3 aromatic carbocycles. The molecule has 0 aliphatic rings. The summed E-state index contributed by atoms with van der Waals surface area (Å²) in [7, 11) is 3.61. The number of hydrogen-bond donors (Lipinski definition) is 2. The molecule has 0 aliphatic heterocycles. The van der Waals surface area contributed by atoms with Crippen molar-refractivity contribution in [3.63, 3.8) is 0 Å². The van der Waals surface area contributed by atoms with Gasteiger partial charge in [0.1, 0.15) is 0 Å². The summed E-state index contributed by atoms with van der Waals surface area (Å²) in [6, 6.07) is 31.3. The first-order valence-electron chi connectivity index (χ1n) is 9.05. The fourth-order valence-corrected chi connectivity index (χ4v) is 20.7. The first-order chi connectivity index (χ1) is 14.2. The first kappa shape index (κ1) is 22.6. The molecule has 148 valence electrons. The standard InChI is InChI=1S/2C8H9NS2.C6H5.Sb/c2*10-8(11)9-6-7-4-2-1-3-5-7;1-2-4-6-5-3-1;/h2*1-5H,6H2,(H2,9,10,11);1-5H;/q;;;+2/p-2. The number of benzene rings is 3. The Balaban J connectivity index is 1.57. The van der Waals surface area contributed by atoms with E-state index >= 15 is 0 Å². The summed E-state index contributed by atoms with van der Waals surface area (Å²) in [5, 5.41) is 6.79. The maximum absolute atomic E-state index is 5.64. The molecule has 0 bridgehead atoms. The molecular formula is C22H21N2S4Sb. The third kappa shape index (κ3) is 8.31. The van der Waals surface area contributed by atoms with E-state index in [1.54, 1.807) is 17.7 Å². The van der Waals surface area contributed by atoms with Gasteiger partial charge in [-0.25, -0.2) is 0 Å². The molecule has 0 saturated heterocycles. The fourth-order valence-electron chi connectivity index (χ4n) is 2.43. The molecule has 2 N–H and O–H groups in total. The zero-order valence-electron chi connectivity index (χ0n) is 15.7. The normalized spacial score (nSPS) is 10.5. The van der Waals surface area contributed by atoms with E-state index in [0.717, 1.165) is 21.7 Å². The van der Waals surface area contributed by atoms with Gasteiger partial charge in [-0.15, -0.1) is 0 Å². The van der Waals surface area contributed by atoms with E-state index in [-0.39, 0.29) is 0 Å². The Morgan fingerprint density at radius 3 is 1.41 bits per heavy atom. The van der Waals surface area contributed by atoms with E-state index in [9.17, 15) is 0 Å². The van der Waals surface area contributed by atoms with Crippen LogP contribution in [0.1, 0.15) is 11.1 Å². The average Bonchev–Trinajstić information content (AvgIpc) is 2.78. The van der Waals surface area contributed by atoms with Crippen molar-refractivity contribution in [2.45, 2.75) is 13.1 Å². The molecule has 0 spiro atoms. The quantitative estimate of drug-likeness (QED) is 0.310. The number of hydrogen-bond acceptors (Lipinski definition) is 4. The van der Waals surface area contributed by atoms with Crippen LogP contribution in [0.15, 0.2) is 91.0 Å². The molecule has 0 atom stereocenters. The first-order valence-corrected chi connectivity index (χ1v) is 18.9. The molecule has 29 heavy (non-hydrogen) atoms. The molecule has 0 aliphatic carbocycles. The molecule has 7 heteroatoms. The molecule has 2 nitrogen and oxygen atoms in total. The van der Waals surface area contributed by atoms with E-state index in [0.29, 0.717) is 0 Å². The molecule has 0 heterocycles. The maximum atomic E-state index is 5.64. The van der Waals surface area contributed by atoms with Crippen LogP contribution in [0.5, 0.6) is 0 Å². The van der Waals surface area contributed by atoms with Gasteiger partial charge < -0.3 is 0 Å². The van der Waals surface area contributed by atoms with Gasteiger partial charge in [-0.05, 0) is 0 Å². The Morgan fingerprint density at radius 1 is 0.621 bits per heavy atom. The second-order valence-corrected chi connectivity index (χ2v) is 21.1. The third-order valence-electron chi connectivity index (χ3n) is 3.86. The molecule has 0 unspecified atom stereocenters. The van der Waals surface area contributed by atoms with Crippen molar-refractivity contribution < 1.29 is 0 Å². The van der Waals surface area contributed by atoms with Gasteiger partial charge in [0.05, 0.1) is 0 Å². The molecule has 3 rings (SSSR count). The number of nitrogens with one attached hydrogen (secondary N) is 2. The van der Waals surface area contributed by atoms with Crippen LogP contribution in [0.3, 0.4) is 0 Å². The monoisotopic (exact) mass is 562 g/mol. The van der Waals surface area contributed by atoms with E-state index in [1.165, 1.54) is 14.6 Å². The second-order valence-electron chi connectivity index (χ2n) is 6.03. The second kappa shape index (κ2) is 12.6. The summed E-state index contributed by atoms with van der Waals surface area (Å²) >= 11 is 9.24. The minimum absolute atomic E-state index is 0.747. The van der Waals surface area contributed by atoms with Crippen LogP contribution in [0.4, 0.5) is 0 Å². The van der Waals surface area contributed by atoms with Crippen LogP contribution >= 0.6 is 42.1 Å². The fraction of sp³-hybridized carbons (Fsp3) is 0.0909. The predicted octanol–water partition coefficient (Wildman–Crippen LogP) is 5.00. The third-order valence-corrected chi connectivity index (χ3v) is 21.7. The van der Waals surface area contributed by atoms with Gasteiger partial charge in [-0.3, -0.25) is 0 Å². The summed E-state index contributed by atoms with van der Waals surface area (Å²) in [6.45, 7) is 1.49. The zero-order valence-corrected chi connectivity index (χ0v) is 21.5. The Morgan fingerprint density at radius 2 is 1.00 bits per heavy atom. The summed E-state index contributed by atoms with van der Waals surface area (Å²) in [6.07, 6.45) is 0. The Kier molecular flexibility index (Phi) is 9.84. The van der Waals surface area contributed by atoms with Crippen molar-refractivity contribution in [3.05, 3.63) is 102 Å². The SMILES string of the molecule is S=C(NCc1ccccc1)[S][Sb]([S]C(=S)NCc1ccccc1)[c]1ccccc1. The van der Waals surface area contributed by atoms with E-state index in [4.69, 9.17) is 24.4 Å². The Bertz CT molecular complexity index is 850. The molecule has 3 aromatic rings. The van der Waals surface area contributed by atoms with Crippen LogP contribution in [-0.2, 0) is 13.1 Å². The van der Waals surface area contributed by atoms with Crippen LogP contribution in [0, 0.1) is 0 Å². The molecular weight excluding hydrogens is 542 g/mol. The van der Waals surface area contributed by atoms with Gasteiger partial charge in [-0.2, -0.15) is 0 Å². The van der Waals surface area contributed by atoms with Crippen molar-refractivity contribution in [1.82, 2.24) is 10.6 Å². The molecule has 0 amide bonds. The van der Waals surface area contributed by atoms with E-state index in [2.05, 4.69) is 65.2 Å². The number of rotatable bonds is 7. The molecule has 0 radical (unpaired) electrons. The van der Waals surface area contributed by atoms with E-state index < -0.39 is 17.4 Å². The van der Waals surface area contributed by atoms with Crippen LogP contribution in [0.25, 0.3) is 0 Å². The van der Waals surface area contributed by atoms with Crippen molar-refractivity contribution >= 4 is 71.7 Å². The van der Waals surface area contributed by atoms with Gasteiger partial charge in [0.15, 0.2) is 0 Å². The molecule has 0 aromatic heterocycles. The van der Waals surface area contributed by atoms with Crippen molar-refractivity contribution in [3.8, 4) is 0 Å². The summed E-state index contributed by atoms with van der Waals surface area (Å²) < 4.78 is 3.07.